The van der Waals surface area contributed by atoms with Crippen molar-refractivity contribution in [3.63, 3.8) is 0 Å². The van der Waals surface area contributed by atoms with Gasteiger partial charge in [0.2, 0.25) is 5.90 Å². The molecule has 0 fully saturated rings. The Bertz CT molecular complexity index is 986. The summed E-state index contributed by atoms with van der Waals surface area (Å²) in [4.78, 5) is 14.3. The topological polar surface area (TPSA) is 110 Å². The monoisotopic (exact) mass is 455 g/mol. The molecule has 2 aromatic rings. The molecule has 2 rings (SSSR count). The highest BCUT2D eigenvalue weighted by molar-refractivity contribution is 5.97. The zero-order valence-electron chi connectivity index (χ0n) is 20.4. The van der Waals surface area contributed by atoms with E-state index in [1.54, 1.807) is 0 Å². The van der Waals surface area contributed by atoms with Gasteiger partial charge in [-0.05, 0) is 68.0 Å². The average molecular weight is 456 g/mol. The number of benzene rings is 1. The van der Waals surface area contributed by atoms with Crippen LogP contribution in [0.15, 0.2) is 35.8 Å². The molecule has 0 aliphatic carbocycles. The van der Waals surface area contributed by atoms with Gasteiger partial charge in [0.15, 0.2) is 0 Å². The highest BCUT2D eigenvalue weighted by atomic mass is 16.6. The third-order valence-electron chi connectivity index (χ3n) is 5.05. The van der Waals surface area contributed by atoms with Gasteiger partial charge in [-0.2, -0.15) is 5.90 Å². The highest BCUT2D eigenvalue weighted by Gasteiger charge is 2.15. The minimum atomic E-state index is -0.924. The van der Waals surface area contributed by atoms with E-state index in [2.05, 4.69) is 37.3 Å². The van der Waals surface area contributed by atoms with Crippen molar-refractivity contribution in [2.24, 2.45) is 16.8 Å². The molecule has 1 atom stereocenters. The second kappa shape index (κ2) is 12.5. The standard InChI is InChI=1S/C26H37N3O4/c1-7-8-20-12-21(10-17(4)25(20)32-15-24(31)14-30)19(6)29-26(33-27)22-11-18(5)28-23(13-22)9-16(2)3/h10-13,16,24,30-31H,6-9,14-15,27H2,1-5H3/t24-/m0/s1. The van der Waals surface area contributed by atoms with Crippen LogP contribution in [0.1, 0.15) is 60.8 Å². The van der Waals surface area contributed by atoms with Crippen LogP contribution in [-0.2, 0) is 17.7 Å². The second-order valence-corrected chi connectivity index (χ2v) is 8.75. The molecule has 0 aliphatic heterocycles. The molecule has 0 bridgehead atoms. The fourth-order valence-electron chi connectivity index (χ4n) is 3.64. The predicted octanol–water partition coefficient (Wildman–Crippen LogP) is 3.89. The first kappa shape index (κ1) is 26.5. The van der Waals surface area contributed by atoms with Crippen molar-refractivity contribution in [2.75, 3.05) is 13.2 Å². The largest absolute Gasteiger partial charge is 0.490 e. The first-order chi connectivity index (χ1) is 15.7. The van der Waals surface area contributed by atoms with E-state index in [-0.39, 0.29) is 19.1 Å². The Kier molecular flexibility index (Phi) is 10.0. The van der Waals surface area contributed by atoms with Crippen LogP contribution in [0.3, 0.4) is 0 Å². The molecular formula is C26H37N3O4. The lowest BCUT2D eigenvalue weighted by Crippen LogP contribution is -2.22. The number of aliphatic hydroxyl groups excluding tert-OH is 2. The molecule has 0 saturated carbocycles. The molecule has 1 heterocycles. The molecule has 0 radical (unpaired) electrons. The Morgan fingerprint density at radius 3 is 2.52 bits per heavy atom. The van der Waals surface area contributed by atoms with E-state index in [1.165, 1.54) is 0 Å². The van der Waals surface area contributed by atoms with Crippen molar-refractivity contribution in [3.05, 3.63) is 64.5 Å². The lowest BCUT2D eigenvalue weighted by atomic mass is 10.00. The lowest BCUT2D eigenvalue weighted by molar-refractivity contribution is 0.0531. The molecule has 0 saturated heterocycles. The number of aliphatic hydroxyl groups is 2. The van der Waals surface area contributed by atoms with Gasteiger partial charge in [0.1, 0.15) is 18.5 Å². The van der Waals surface area contributed by atoms with E-state index in [9.17, 15) is 5.11 Å². The summed E-state index contributed by atoms with van der Waals surface area (Å²) in [6, 6.07) is 7.75. The van der Waals surface area contributed by atoms with Crippen molar-refractivity contribution in [1.29, 1.82) is 0 Å². The Balaban J connectivity index is 2.39. The second-order valence-electron chi connectivity index (χ2n) is 8.75. The Labute approximate surface area is 196 Å². The maximum absolute atomic E-state index is 9.66. The molecule has 7 nitrogen and oxygen atoms in total. The molecule has 33 heavy (non-hydrogen) atoms. The van der Waals surface area contributed by atoms with Crippen molar-refractivity contribution in [1.82, 2.24) is 4.98 Å². The molecule has 180 valence electrons. The van der Waals surface area contributed by atoms with Crippen LogP contribution in [0.4, 0.5) is 0 Å². The highest BCUT2D eigenvalue weighted by Crippen LogP contribution is 2.30. The van der Waals surface area contributed by atoms with Gasteiger partial charge in [0.05, 0.1) is 12.3 Å². The van der Waals surface area contributed by atoms with Crippen LogP contribution in [-0.4, -0.2) is 40.4 Å². The summed E-state index contributed by atoms with van der Waals surface area (Å²) in [6.45, 7) is 14.1. The van der Waals surface area contributed by atoms with Crippen LogP contribution in [0, 0.1) is 19.8 Å². The molecule has 0 aliphatic rings. The molecule has 0 amide bonds. The molecule has 1 aromatic heterocycles. The number of pyridine rings is 1. The van der Waals surface area contributed by atoms with Crippen molar-refractivity contribution < 1.29 is 19.8 Å². The van der Waals surface area contributed by atoms with E-state index >= 15 is 0 Å². The number of rotatable bonds is 11. The Hall–Kier alpha value is -2.74. The van der Waals surface area contributed by atoms with Crippen LogP contribution in [0.2, 0.25) is 0 Å². The van der Waals surface area contributed by atoms with Gasteiger partial charge in [0.25, 0.3) is 0 Å². The third kappa shape index (κ3) is 7.67. The normalized spacial score (nSPS) is 12.7. The first-order valence-corrected chi connectivity index (χ1v) is 11.4. The molecule has 7 heteroatoms. The third-order valence-corrected chi connectivity index (χ3v) is 5.05. The number of hydrogen-bond donors (Lipinski definition) is 3. The van der Waals surface area contributed by atoms with Crippen LogP contribution < -0.4 is 10.6 Å². The summed E-state index contributed by atoms with van der Waals surface area (Å²) in [5.41, 5.74) is 5.81. The quantitative estimate of drug-likeness (QED) is 0.269. The summed E-state index contributed by atoms with van der Waals surface area (Å²) in [5, 5.41) is 18.7. The lowest BCUT2D eigenvalue weighted by Gasteiger charge is -2.18. The van der Waals surface area contributed by atoms with Gasteiger partial charge < -0.3 is 19.8 Å². The van der Waals surface area contributed by atoms with E-state index in [0.717, 1.165) is 52.9 Å². The Morgan fingerprint density at radius 2 is 1.91 bits per heavy atom. The predicted molar refractivity (Wildman–Crippen MR) is 132 cm³/mol. The summed E-state index contributed by atoms with van der Waals surface area (Å²) in [7, 11) is 0. The zero-order chi connectivity index (χ0) is 24.5. The molecular weight excluding hydrogens is 418 g/mol. The van der Waals surface area contributed by atoms with Crippen LogP contribution >= 0.6 is 0 Å². The van der Waals surface area contributed by atoms with Gasteiger partial charge >= 0.3 is 0 Å². The minimum Gasteiger partial charge on any atom is -0.490 e. The summed E-state index contributed by atoms with van der Waals surface area (Å²) >= 11 is 0. The average Bonchev–Trinajstić information content (AvgIpc) is 2.75. The number of aliphatic imine (C=N–C) groups is 1. The van der Waals surface area contributed by atoms with Gasteiger partial charge in [-0.3, -0.25) is 4.98 Å². The van der Waals surface area contributed by atoms with Gasteiger partial charge in [-0.25, -0.2) is 4.99 Å². The van der Waals surface area contributed by atoms with Crippen LogP contribution in [0.5, 0.6) is 5.75 Å². The summed E-state index contributed by atoms with van der Waals surface area (Å²) < 4.78 is 5.81. The molecule has 0 unspecified atom stereocenters. The summed E-state index contributed by atoms with van der Waals surface area (Å²) in [5.74, 6) is 7.05. The molecule has 1 aromatic carbocycles. The zero-order valence-corrected chi connectivity index (χ0v) is 20.4. The summed E-state index contributed by atoms with van der Waals surface area (Å²) in [6.07, 6.45) is 1.63. The maximum atomic E-state index is 9.66. The number of aromatic nitrogens is 1. The number of aryl methyl sites for hydroxylation is 3. The van der Waals surface area contributed by atoms with Crippen LogP contribution in [0.25, 0.3) is 5.70 Å². The fraction of sp³-hybridized carbons (Fsp3) is 0.462. The fourth-order valence-corrected chi connectivity index (χ4v) is 3.64. The number of nitrogens with two attached hydrogens (primary N) is 1. The van der Waals surface area contributed by atoms with Crippen molar-refractivity contribution in [3.8, 4) is 5.75 Å². The Morgan fingerprint density at radius 1 is 1.18 bits per heavy atom. The van der Waals surface area contributed by atoms with E-state index in [4.69, 9.17) is 20.6 Å². The smallest absolute Gasteiger partial charge is 0.245 e. The van der Waals surface area contributed by atoms with Gasteiger partial charge in [-0.1, -0.05) is 33.8 Å². The van der Waals surface area contributed by atoms with Crippen molar-refractivity contribution in [2.45, 2.75) is 60.0 Å². The van der Waals surface area contributed by atoms with Gasteiger partial charge in [-0.15, -0.1) is 0 Å². The van der Waals surface area contributed by atoms with Gasteiger partial charge in [0, 0.05) is 22.5 Å². The van der Waals surface area contributed by atoms with E-state index < -0.39 is 6.10 Å². The molecule has 4 N–H and O–H groups in total. The number of hydrogen-bond acceptors (Lipinski definition) is 7. The molecule has 0 spiro atoms. The SMILES string of the molecule is C=C(N=C(ON)c1cc(C)nc(CC(C)C)c1)c1cc(C)c(OC[C@@H](O)CO)c(CCC)c1. The van der Waals surface area contributed by atoms with E-state index in [1.807, 2.05) is 38.1 Å². The number of nitrogens with zero attached hydrogens (tertiary/aromatic N) is 2. The van der Waals surface area contributed by atoms with E-state index in [0.29, 0.717) is 17.4 Å². The maximum Gasteiger partial charge on any atom is 0.245 e. The minimum absolute atomic E-state index is 0.0256. The first-order valence-electron chi connectivity index (χ1n) is 11.4. The number of ether oxygens (including phenoxy) is 1. The van der Waals surface area contributed by atoms with Crippen molar-refractivity contribution >= 4 is 11.6 Å².